The smallest absolute Gasteiger partial charge is 0.251 e. The van der Waals surface area contributed by atoms with Crippen molar-refractivity contribution in [1.29, 1.82) is 0 Å². The first-order valence-electron chi connectivity index (χ1n) is 18.8. The number of amides is 1. The van der Waals surface area contributed by atoms with Crippen LogP contribution in [0.1, 0.15) is 69.8 Å². The number of ether oxygens (including phenoxy) is 2. The van der Waals surface area contributed by atoms with Gasteiger partial charge in [0, 0.05) is 41.2 Å². The Labute approximate surface area is 304 Å². The Morgan fingerprint density at radius 1 is 1.16 bits per heavy atom. The number of hydrogen-bond donors (Lipinski definition) is 4. The lowest BCUT2D eigenvalue weighted by Gasteiger charge is -2.60. The molecule has 2 aromatic rings. The fraction of sp³-hybridized carbons (Fsp3) is 0.634. The Morgan fingerprint density at radius 3 is 2.53 bits per heavy atom. The molecule has 0 aromatic heterocycles. The number of hydrogen-bond acceptors (Lipinski definition) is 9. The van der Waals surface area contributed by atoms with Gasteiger partial charge in [0.25, 0.3) is 5.91 Å². The van der Waals surface area contributed by atoms with Crippen molar-refractivity contribution < 1.29 is 29.3 Å². The molecule has 51 heavy (non-hydrogen) atoms. The molecule has 0 radical (unpaired) electrons. The van der Waals surface area contributed by atoms with E-state index >= 15 is 0 Å². The highest BCUT2D eigenvalue weighted by molar-refractivity contribution is 5.96. The quantitative estimate of drug-likeness (QED) is 0.153. The number of benzene rings is 2. The second-order valence-corrected chi connectivity index (χ2v) is 16.7. The molecule has 2 saturated heterocycles. The molecule has 4 N–H and O–H groups in total. The van der Waals surface area contributed by atoms with E-state index in [9.17, 15) is 15.0 Å². The maximum Gasteiger partial charge on any atom is 0.251 e. The van der Waals surface area contributed by atoms with Crippen LogP contribution in [0.15, 0.2) is 54.6 Å². The highest BCUT2D eigenvalue weighted by Gasteiger charge is 2.60. The maximum absolute atomic E-state index is 13.5. The zero-order chi connectivity index (χ0) is 36.8. The van der Waals surface area contributed by atoms with Crippen molar-refractivity contribution >= 4 is 5.91 Å². The Hall–Kier alpha value is -2.83. The minimum atomic E-state index is -0.722. The highest BCUT2D eigenvalue weighted by Crippen LogP contribution is 2.61. The van der Waals surface area contributed by atoms with Crippen molar-refractivity contribution in [1.82, 2.24) is 20.6 Å². The number of nitrogens with one attached hydrogen (secondary N) is 2. The molecule has 1 amide bonds. The van der Waals surface area contributed by atoms with Crippen molar-refractivity contribution in [2.75, 3.05) is 34.4 Å². The summed E-state index contributed by atoms with van der Waals surface area (Å²) in [5.74, 6) is 1.89. The van der Waals surface area contributed by atoms with Gasteiger partial charge in [0.15, 0.2) is 0 Å². The van der Waals surface area contributed by atoms with Gasteiger partial charge in [0.1, 0.15) is 24.2 Å². The van der Waals surface area contributed by atoms with E-state index in [4.69, 9.17) is 14.3 Å². The van der Waals surface area contributed by atoms with Crippen LogP contribution < -0.4 is 15.4 Å². The third kappa shape index (κ3) is 7.79. The third-order valence-corrected chi connectivity index (χ3v) is 12.0. The molecule has 5 aliphatic rings. The van der Waals surface area contributed by atoms with Gasteiger partial charge in [-0.15, -0.1) is 0 Å². The molecule has 0 spiro atoms. The third-order valence-electron chi connectivity index (χ3n) is 12.0. The summed E-state index contributed by atoms with van der Waals surface area (Å²) in [4.78, 5) is 22.0. The summed E-state index contributed by atoms with van der Waals surface area (Å²) in [5, 5.41) is 30.2. The molecule has 10 heteroatoms. The second-order valence-electron chi connectivity index (χ2n) is 16.7. The van der Waals surface area contributed by atoms with Crippen LogP contribution in [0, 0.1) is 29.1 Å². The van der Waals surface area contributed by atoms with Gasteiger partial charge in [0.05, 0.1) is 32.4 Å². The number of fused-ring (bicyclic) bond motifs is 2. The lowest BCUT2D eigenvalue weighted by Crippen LogP contribution is -2.57. The van der Waals surface area contributed by atoms with Crippen molar-refractivity contribution in [2.24, 2.45) is 29.1 Å². The summed E-state index contributed by atoms with van der Waals surface area (Å²) in [5.41, 5.74) is 4.78. The molecule has 10 atom stereocenters. The Kier molecular flexibility index (Phi) is 11.3. The number of aliphatic hydroxyl groups is 2. The molecule has 2 bridgehead atoms. The van der Waals surface area contributed by atoms with Crippen LogP contribution in [0.4, 0.5) is 0 Å². The molecule has 2 aliphatic heterocycles. The fourth-order valence-corrected chi connectivity index (χ4v) is 9.25. The van der Waals surface area contributed by atoms with Crippen LogP contribution in [0.2, 0.25) is 0 Å². The number of likely N-dealkylation sites (N-methyl/N-ethyl adjacent to an activating group) is 1. The van der Waals surface area contributed by atoms with E-state index in [1.54, 1.807) is 14.0 Å². The standard InChI is InChI=1S/C41H60N4O6/c1-23(2)16-30(21-44(7)8)42-39(48)27-13-10-12-26(17-27)31-15-11-14-28(37(31)49-9)20-45-36(35(25(4)47)34(22-46)51-45)38-40(50-38)43-33-19-29-18-32(24(33)3)41(29,5)6/h10-15,17,23,25,29-30,32-36,38,40,43,46-47H,3,16,18-22H2,1-2,4-9H3,(H,42,48)/t25-,29+,30-,32-,33-,34-,35-,36-,38?,40?/m0/s1. The van der Waals surface area contributed by atoms with Gasteiger partial charge in [-0.3, -0.25) is 14.9 Å². The Morgan fingerprint density at radius 2 is 1.90 bits per heavy atom. The van der Waals surface area contributed by atoms with Crippen LogP contribution in [0.5, 0.6) is 5.75 Å². The number of nitrogens with zero attached hydrogens (tertiary/aromatic N) is 2. The first kappa shape index (κ1) is 37.9. The molecule has 3 aliphatic carbocycles. The summed E-state index contributed by atoms with van der Waals surface area (Å²) in [7, 11) is 5.70. The van der Waals surface area contributed by atoms with Crippen LogP contribution in [0.25, 0.3) is 11.1 Å². The van der Waals surface area contributed by atoms with Gasteiger partial charge in [-0.1, -0.05) is 70.2 Å². The molecular weight excluding hydrogens is 644 g/mol. The van der Waals surface area contributed by atoms with Gasteiger partial charge in [-0.2, -0.15) is 5.06 Å². The van der Waals surface area contributed by atoms with E-state index < -0.39 is 12.2 Å². The fourth-order valence-electron chi connectivity index (χ4n) is 9.25. The van der Waals surface area contributed by atoms with E-state index in [2.05, 4.69) is 49.8 Å². The summed E-state index contributed by atoms with van der Waals surface area (Å²) in [6.45, 7) is 16.2. The molecule has 10 nitrogen and oxygen atoms in total. The Bertz CT molecular complexity index is 1550. The molecule has 280 valence electrons. The predicted octanol–water partition coefficient (Wildman–Crippen LogP) is 4.85. The van der Waals surface area contributed by atoms with Gasteiger partial charge in [-0.05, 0) is 81.1 Å². The highest BCUT2D eigenvalue weighted by atomic mass is 16.7. The molecule has 2 aromatic carbocycles. The summed E-state index contributed by atoms with van der Waals surface area (Å²) in [6.07, 6.45) is 1.46. The van der Waals surface area contributed by atoms with E-state index in [0.717, 1.165) is 36.1 Å². The number of methoxy groups -OCH3 is 1. The molecule has 2 heterocycles. The van der Waals surface area contributed by atoms with Crippen molar-refractivity contribution in [3.05, 3.63) is 65.7 Å². The lowest BCUT2D eigenvalue weighted by molar-refractivity contribution is -0.180. The molecule has 2 unspecified atom stereocenters. The minimum absolute atomic E-state index is 0.0418. The SMILES string of the molecule is C=C1[C@@H](NC2OC2[C@@H]2[C@@H]([C@H](C)O)[C@H](CO)ON2Cc2cccc(-c3cccc(C(=O)N[C@@H](CC(C)C)CN(C)C)c3)c2OC)C[C@H]2C[C@@H]1C2(C)C. The van der Waals surface area contributed by atoms with Crippen LogP contribution in [-0.4, -0.2) is 103 Å². The number of aliphatic hydroxyl groups excluding tert-OH is 2. The van der Waals surface area contributed by atoms with Gasteiger partial charge >= 0.3 is 0 Å². The first-order chi connectivity index (χ1) is 24.2. The minimum Gasteiger partial charge on any atom is -0.496 e. The van der Waals surface area contributed by atoms with Gasteiger partial charge < -0.3 is 29.9 Å². The number of rotatable bonds is 15. The monoisotopic (exact) mass is 704 g/mol. The van der Waals surface area contributed by atoms with E-state index in [-0.39, 0.29) is 48.9 Å². The zero-order valence-electron chi connectivity index (χ0n) is 31.8. The summed E-state index contributed by atoms with van der Waals surface area (Å²) < 4.78 is 12.4. The van der Waals surface area contributed by atoms with Gasteiger partial charge in [-0.25, -0.2) is 0 Å². The summed E-state index contributed by atoms with van der Waals surface area (Å²) in [6, 6.07) is 13.6. The van der Waals surface area contributed by atoms with E-state index in [1.807, 2.05) is 61.6 Å². The number of carbonyl (C=O) groups excluding carboxylic acids is 1. The molecule has 3 saturated carbocycles. The first-order valence-corrected chi connectivity index (χ1v) is 18.8. The molecule has 5 fully saturated rings. The normalized spacial score (nSPS) is 31.0. The van der Waals surface area contributed by atoms with Crippen LogP contribution in [0.3, 0.4) is 0 Å². The lowest BCUT2D eigenvalue weighted by atomic mass is 9.46. The molecule has 7 rings (SSSR count). The average molecular weight is 705 g/mol. The number of hydroxylamine groups is 2. The predicted molar refractivity (Wildman–Crippen MR) is 199 cm³/mol. The zero-order valence-corrected chi connectivity index (χ0v) is 31.8. The Balaban J connectivity index is 1.21. The van der Waals surface area contributed by atoms with Crippen LogP contribution >= 0.6 is 0 Å². The average Bonchev–Trinajstić information content (AvgIpc) is 3.73. The number of para-hydroxylation sites is 1. The van der Waals surface area contributed by atoms with Crippen molar-refractivity contribution in [3.8, 4) is 16.9 Å². The van der Waals surface area contributed by atoms with E-state index in [1.165, 1.54) is 12.0 Å². The van der Waals surface area contributed by atoms with Crippen molar-refractivity contribution in [2.45, 2.75) is 103 Å². The topological polar surface area (TPSA) is 119 Å². The van der Waals surface area contributed by atoms with Crippen LogP contribution in [-0.2, 0) is 16.1 Å². The van der Waals surface area contributed by atoms with Gasteiger partial charge in [0.2, 0.25) is 0 Å². The number of epoxide rings is 1. The summed E-state index contributed by atoms with van der Waals surface area (Å²) >= 11 is 0. The second kappa shape index (κ2) is 15.3. The largest absolute Gasteiger partial charge is 0.496 e. The number of carbonyl (C=O) groups is 1. The maximum atomic E-state index is 13.5. The van der Waals surface area contributed by atoms with Crippen molar-refractivity contribution in [3.63, 3.8) is 0 Å². The molecular formula is C41H60N4O6. The van der Waals surface area contributed by atoms with E-state index in [0.29, 0.717) is 41.0 Å².